The van der Waals surface area contributed by atoms with E-state index in [0.29, 0.717) is 26.2 Å². The Morgan fingerprint density at radius 1 is 1.09 bits per heavy atom. The fraction of sp³-hybridized carbons (Fsp3) is 0.629. The van der Waals surface area contributed by atoms with Crippen LogP contribution in [0.15, 0.2) is 55.6 Å². The Bertz CT molecular complexity index is 1160. The van der Waals surface area contributed by atoms with Crippen molar-refractivity contribution in [2.45, 2.75) is 100 Å². The van der Waals surface area contributed by atoms with Gasteiger partial charge in [-0.15, -0.1) is 24.9 Å². The molecular weight excluding hydrogens is 558 g/mol. The second-order valence-corrected chi connectivity index (χ2v) is 14.7. The molecule has 0 saturated carbocycles. The maximum atomic E-state index is 14.7. The summed E-state index contributed by atoms with van der Waals surface area (Å²) < 4.78 is -1.05. The number of unbranched alkanes of at least 4 members (excludes halogenated alkanes) is 3. The van der Waals surface area contributed by atoms with Crippen LogP contribution < -0.4 is 0 Å². The van der Waals surface area contributed by atoms with Crippen molar-refractivity contribution in [3.05, 3.63) is 61.2 Å². The first-order chi connectivity index (χ1) is 20.7. The first-order valence-corrected chi connectivity index (χ1v) is 17.0. The van der Waals surface area contributed by atoms with Crippen LogP contribution in [0.3, 0.4) is 0 Å². The van der Waals surface area contributed by atoms with Crippen LogP contribution in [0.4, 0.5) is 0 Å². The molecule has 1 spiro atoms. The van der Waals surface area contributed by atoms with Gasteiger partial charge in [-0.2, -0.15) is 0 Å². The quantitative estimate of drug-likeness (QED) is 0.188. The Morgan fingerprint density at radius 2 is 1.79 bits per heavy atom. The van der Waals surface area contributed by atoms with Gasteiger partial charge in [0.2, 0.25) is 17.7 Å². The fourth-order valence-electron chi connectivity index (χ4n) is 7.81. The molecule has 7 nitrogen and oxygen atoms in total. The number of likely N-dealkylation sites (tertiary alicyclic amines) is 1. The average Bonchev–Trinajstić information content (AvgIpc) is 3.56. The number of amides is 3. The summed E-state index contributed by atoms with van der Waals surface area (Å²) in [6.07, 6.45) is 10.2. The van der Waals surface area contributed by atoms with E-state index in [9.17, 15) is 19.5 Å². The molecule has 3 aliphatic rings. The summed E-state index contributed by atoms with van der Waals surface area (Å²) in [4.78, 5) is 49.3. The van der Waals surface area contributed by atoms with E-state index in [1.54, 1.807) is 23.9 Å². The molecule has 3 fully saturated rings. The van der Waals surface area contributed by atoms with E-state index in [1.807, 2.05) is 45.0 Å². The Labute approximate surface area is 262 Å². The smallest absolute Gasteiger partial charge is 0.247 e. The SMILES string of the molecule is C=CCN(Cc1ccccc1)C(=O)[C@@H]1[C@H]2C(=O)N(CCCCCCO)C(C(=O)N(CC=C)C(C)CCC)C23CC[C@@]1(C)S3. The average molecular weight is 610 g/mol. The number of rotatable bonds is 17. The molecule has 236 valence electrons. The third-order valence-corrected chi connectivity index (χ3v) is 11.8. The summed E-state index contributed by atoms with van der Waals surface area (Å²) in [6.45, 7) is 16.1. The predicted molar refractivity (Wildman–Crippen MR) is 174 cm³/mol. The zero-order valence-electron chi connectivity index (χ0n) is 26.4. The molecule has 2 bridgehead atoms. The third kappa shape index (κ3) is 6.46. The van der Waals surface area contributed by atoms with E-state index in [1.165, 1.54) is 0 Å². The molecule has 4 rings (SSSR count). The van der Waals surface area contributed by atoms with Gasteiger partial charge in [-0.3, -0.25) is 14.4 Å². The number of hydrogen-bond acceptors (Lipinski definition) is 5. The van der Waals surface area contributed by atoms with Crippen LogP contribution in [0.2, 0.25) is 0 Å². The van der Waals surface area contributed by atoms with Crippen molar-refractivity contribution >= 4 is 29.5 Å². The third-order valence-electron chi connectivity index (χ3n) is 9.81. The highest BCUT2D eigenvalue weighted by Crippen LogP contribution is 2.71. The van der Waals surface area contributed by atoms with Crippen LogP contribution in [-0.2, 0) is 20.9 Å². The van der Waals surface area contributed by atoms with Crippen molar-refractivity contribution in [2.24, 2.45) is 11.8 Å². The molecule has 0 aliphatic carbocycles. The lowest BCUT2D eigenvalue weighted by Crippen LogP contribution is -2.56. The van der Waals surface area contributed by atoms with Gasteiger partial charge in [-0.1, -0.05) is 68.7 Å². The van der Waals surface area contributed by atoms with Crippen LogP contribution in [-0.4, -0.2) is 85.3 Å². The lowest BCUT2D eigenvalue weighted by atomic mass is 9.66. The van der Waals surface area contributed by atoms with Gasteiger partial charge in [0.15, 0.2) is 0 Å². The summed E-state index contributed by atoms with van der Waals surface area (Å²) >= 11 is 1.74. The molecule has 43 heavy (non-hydrogen) atoms. The summed E-state index contributed by atoms with van der Waals surface area (Å²) in [5.41, 5.74) is 1.04. The lowest BCUT2D eigenvalue weighted by molar-refractivity contribution is -0.146. The molecule has 0 aromatic heterocycles. The summed E-state index contributed by atoms with van der Waals surface area (Å²) in [6, 6.07) is 9.36. The lowest BCUT2D eigenvalue weighted by Gasteiger charge is -2.39. The Morgan fingerprint density at radius 3 is 2.44 bits per heavy atom. The number of aliphatic hydroxyl groups is 1. The highest BCUT2D eigenvalue weighted by atomic mass is 32.2. The number of thioether (sulfide) groups is 1. The minimum Gasteiger partial charge on any atom is -0.396 e. The largest absolute Gasteiger partial charge is 0.396 e. The molecule has 8 heteroatoms. The topological polar surface area (TPSA) is 81.2 Å². The number of benzene rings is 1. The number of aliphatic hydroxyl groups excluding tert-OH is 1. The van der Waals surface area contributed by atoms with E-state index in [0.717, 1.165) is 56.9 Å². The fourth-order valence-corrected chi connectivity index (χ4v) is 10.2. The van der Waals surface area contributed by atoms with Crippen LogP contribution in [0.1, 0.15) is 77.7 Å². The second-order valence-electron chi connectivity index (χ2n) is 12.8. The van der Waals surface area contributed by atoms with E-state index in [4.69, 9.17) is 0 Å². The van der Waals surface area contributed by atoms with Crippen molar-refractivity contribution in [3.8, 4) is 0 Å². The summed E-state index contributed by atoms with van der Waals surface area (Å²) in [5, 5.41) is 9.23. The zero-order valence-corrected chi connectivity index (χ0v) is 27.2. The van der Waals surface area contributed by atoms with Crippen molar-refractivity contribution < 1.29 is 19.5 Å². The monoisotopic (exact) mass is 609 g/mol. The van der Waals surface area contributed by atoms with Crippen molar-refractivity contribution in [3.63, 3.8) is 0 Å². The first-order valence-electron chi connectivity index (χ1n) is 16.2. The molecule has 3 aliphatic heterocycles. The van der Waals surface area contributed by atoms with E-state index >= 15 is 0 Å². The normalized spacial score (nSPS) is 28.0. The Balaban J connectivity index is 1.71. The molecule has 0 radical (unpaired) electrons. The molecule has 3 heterocycles. The van der Waals surface area contributed by atoms with Gasteiger partial charge < -0.3 is 19.8 Å². The van der Waals surface area contributed by atoms with Gasteiger partial charge in [-0.05, 0) is 51.5 Å². The number of hydrogen-bond donors (Lipinski definition) is 1. The molecule has 3 saturated heterocycles. The molecule has 6 atom stereocenters. The van der Waals surface area contributed by atoms with E-state index in [-0.39, 0.29) is 30.4 Å². The highest BCUT2D eigenvalue weighted by molar-refractivity contribution is 8.02. The van der Waals surface area contributed by atoms with Gasteiger partial charge in [0.05, 0.1) is 16.6 Å². The predicted octanol–water partition coefficient (Wildman–Crippen LogP) is 5.44. The van der Waals surface area contributed by atoms with Gasteiger partial charge in [0.1, 0.15) is 6.04 Å². The number of carbonyl (C=O) groups excluding carboxylic acids is 3. The highest BCUT2D eigenvalue weighted by Gasteiger charge is 2.77. The van der Waals surface area contributed by atoms with Crippen molar-refractivity contribution in [1.82, 2.24) is 14.7 Å². The molecule has 1 N–H and O–H groups in total. The Hall–Kier alpha value is -2.58. The van der Waals surface area contributed by atoms with Crippen LogP contribution in [0.25, 0.3) is 0 Å². The molecule has 3 unspecified atom stereocenters. The zero-order chi connectivity index (χ0) is 31.2. The van der Waals surface area contributed by atoms with Crippen LogP contribution in [0.5, 0.6) is 0 Å². The standard InChI is InChI=1S/C35H51N3O4S/c1-6-16-26(4)37(22-8-3)33(42)30-35-20-19-34(5,43-35)28(29(35)32(41)38(30)23-14-9-10-15-24-39)31(40)36(21-7-2)25-27-17-12-11-13-18-27/h7-8,11-13,17-18,26,28-30,39H,2-3,6,9-10,14-16,19-25H2,1,4-5H3/t26?,28-,29-,30?,34+,35?/m0/s1. The maximum Gasteiger partial charge on any atom is 0.247 e. The molecular formula is C35H51N3O4S. The van der Waals surface area contributed by atoms with Crippen LogP contribution >= 0.6 is 11.8 Å². The molecule has 3 amide bonds. The summed E-state index contributed by atoms with van der Waals surface area (Å²) in [7, 11) is 0. The van der Waals surface area contributed by atoms with E-state index < -0.39 is 27.4 Å². The summed E-state index contributed by atoms with van der Waals surface area (Å²) in [5.74, 6) is -1.11. The first kappa shape index (κ1) is 33.3. The molecule has 1 aromatic rings. The van der Waals surface area contributed by atoms with Gasteiger partial charge in [-0.25, -0.2) is 0 Å². The second kappa shape index (κ2) is 14.5. The van der Waals surface area contributed by atoms with Gasteiger partial charge in [0, 0.05) is 43.6 Å². The van der Waals surface area contributed by atoms with E-state index in [2.05, 4.69) is 33.9 Å². The number of carbonyl (C=O) groups is 3. The van der Waals surface area contributed by atoms with Gasteiger partial charge >= 0.3 is 0 Å². The van der Waals surface area contributed by atoms with Crippen molar-refractivity contribution in [2.75, 3.05) is 26.2 Å². The minimum absolute atomic E-state index is 0.0101. The minimum atomic E-state index is -0.633. The molecule has 1 aromatic carbocycles. The van der Waals surface area contributed by atoms with Gasteiger partial charge in [0.25, 0.3) is 0 Å². The Kier molecular flexibility index (Phi) is 11.2. The van der Waals surface area contributed by atoms with Crippen molar-refractivity contribution in [1.29, 1.82) is 0 Å². The maximum absolute atomic E-state index is 14.7. The number of nitrogens with zero attached hydrogens (tertiary/aromatic N) is 3. The van der Waals surface area contributed by atoms with Crippen LogP contribution in [0, 0.1) is 11.8 Å². The number of fused-ring (bicyclic) bond motifs is 1.